The van der Waals surface area contributed by atoms with Gasteiger partial charge in [-0.25, -0.2) is 0 Å². The Labute approximate surface area is 188 Å². The van der Waals surface area contributed by atoms with Crippen LogP contribution in [0.3, 0.4) is 0 Å². The van der Waals surface area contributed by atoms with Crippen LogP contribution in [0.2, 0.25) is 5.02 Å². The van der Waals surface area contributed by atoms with Crippen molar-refractivity contribution in [3.05, 3.63) is 52.9 Å². The Morgan fingerprint density at radius 2 is 2.11 bits per heavy atom. The van der Waals surface area contributed by atoms with E-state index in [1.54, 1.807) is 6.26 Å². The maximum absolute atomic E-state index is 6.14. The molecule has 2 aromatic rings. The Morgan fingerprint density at radius 3 is 2.79 bits per heavy atom. The number of benzene rings is 1. The molecule has 2 fully saturated rings. The number of halogens is 2. The van der Waals surface area contributed by atoms with Crippen molar-refractivity contribution in [3.8, 4) is 0 Å². The lowest BCUT2D eigenvalue weighted by molar-refractivity contribution is 0.169. The number of aliphatic imine (C=N–C) groups is 1. The second-order valence-corrected chi connectivity index (χ2v) is 7.64. The first kappa shape index (κ1) is 21.4. The molecule has 0 spiro atoms. The molecule has 4 rings (SSSR count). The quantitative estimate of drug-likeness (QED) is 0.375. The molecule has 2 atom stereocenters. The summed E-state index contributed by atoms with van der Waals surface area (Å²) >= 11 is 6.14. The van der Waals surface area contributed by atoms with E-state index in [1.807, 2.05) is 18.2 Å². The van der Waals surface area contributed by atoms with Gasteiger partial charge in [-0.05, 0) is 31.0 Å². The summed E-state index contributed by atoms with van der Waals surface area (Å²) < 4.78 is 4.93. The van der Waals surface area contributed by atoms with Crippen LogP contribution < -0.4 is 5.32 Å². The number of guanidine groups is 1. The maximum atomic E-state index is 6.14. The van der Waals surface area contributed by atoms with Crippen molar-refractivity contribution in [2.45, 2.75) is 31.8 Å². The summed E-state index contributed by atoms with van der Waals surface area (Å²) in [5.41, 5.74) is 2.31. The second kappa shape index (κ2) is 9.93. The molecule has 1 N–H and O–H groups in total. The van der Waals surface area contributed by atoms with Gasteiger partial charge in [0.05, 0.1) is 5.69 Å². The fourth-order valence-electron chi connectivity index (χ4n) is 3.68. The van der Waals surface area contributed by atoms with Crippen LogP contribution in [-0.4, -0.2) is 59.7 Å². The standard InChI is InChI=1S/C20H26ClN5O.HI/c1-2-22-20(23-19-13-18(19)15-4-3-5-16(21)12-15)26-9-7-25(8-10-26)14-17-6-11-27-24-17;/h3-6,11-12,18-19H,2,7-10,13-14H2,1H3,(H,22,23);1H. The van der Waals surface area contributed by atoms with Gasteiger partial charge in [0.25, 0.3) is 0 Å². The van der Waals surface area contributed by atoms with Gasteiger partial charge in [0.1, 0.15) is 6.26 Å². The van der Waals surface area contributed by atoms with Gasteiger partial charge in [-0.15, -0.1) is 24.0 Å². The molecule has 1 aliphatic heterocycles. The van der Waals surface area contributed by atoms with Crippen LogP contribution in [0.4, 0.5) is 0 Å². The van der Waals surface area contributed by atoms with E-state index in [1.165, 1.54) is 5.56 Å². The Bertz CT molecular complexity index is 777. The minimum Gasteiger partial charge on any atom is -0.364 e. The summed E-state index contributed by atoms with van der Waals surface area (Å²) in [4.78, 5) is 9.51. The molecule has 1 aliphatic carbocycles. The molecule has 2 heterocycles. The zero-order valence-electron chi connectivity index (χ0n) is 16.1. The number of rotatable bonds is 5. The van der Waals surface area contributed by atoms with Gasteiger partial charge in [0.2, 0.25) is 0 Å². The highest BCUT2D eigenvalue weighted by Gasteiger charge is 2.40. The predicted octanol–water partition coefficient (Wildman–Crippen LogP) is 3.59. The van der Waals surface area contributed by atoms with Gasteiger partial charge in [0.15, 0.2) is 5.96 Å². The lowest BCUT2D eigenvalue weighted by atomic mass is 10.1. The van der Waals surface area contributed by atoms with Gasteiger partial charge in [-0.2, -0.15) is 0 Å². The number of hydrogen-bond donors (Lipinski definition) is 1. The van der Waals surface area contributed by atoms with E-state index in [0.717, 1.165) is 62.4 Å². The zero-order valence-corrected chi connectivity index (χ0v) is 19.1. The molecule has 8 heteroatoms. The Kier molecular flexibility index (Phi) is 7.59. The third-order valence-electron chi connectivity index (χ3n) is 5.24. The van der Waals surface area contributed by atoms with Crippen molar-refractivity contribution in [2.75, 3.05) is 32.7 Å². The Hall–Kier alpha value is -1.32. The van der Waals surface area contributed by atoms with Crippen LogP contribution in [0, 0.1) is 0 Å². The fraction of sp³-hybridized carbons (Fsp3) is 0.500. The average molecular weight is 516 g/mol. The first-order valence-electron chi connectivity index (χ1n) is 9.66. The molecule has 1 aromatic carbocycles. The molecule has 0 radical (unpaired) electrons. The smallest absolute Gasteiger partial charge is 0.194 e. The number of piperazine rings is 1. The van der Waals surface area contributed by atoms with E-state index in [4.69, 9.17) is 21.1 Å². The van der Waals surface area contributed by atoms with Gasteiger partial charge >= 0.3 is 0 Å². The number of nitrogens with one attached hydrogen (secondary N) is 1. The highest BCUT2D eigenvalue weighted by molar-refractivity contribution is 14.0. The predicted molar refractivity (Wildman–Crippen MR) is 122 cm³/mol. The van der Waals surface area contributed by atoms with Gasteiger partial charge in [0, 0.05) is 62.3 Å². The number of aromatic nitrogens is 1. The minimum absolute atomic E-state index is 0. The highest BCUT2D eigenvalue weighted by Crippen LogP contribution is 2.41. The SMILES string of the molecule is CCN=C(NC1CC1c1cccc(Cl)c1)N1CCN(Cc2ccon2)CC1.I. The molecule has 2 aliphatic rings. The minimum atomic E-state index is 0. The molecule has 28 heavy (non-hydrogen) atoms. The van der Waals surface area contributed by atoms with Gasteiger partial charge in [-0.1, -0.05) is 28.9 Å². The van der Waals surface area contributed by atoms with Crippen LogP contribution in [-0.2, 0) is 6.54 Å². The van der Waals surface area contributed by atoms with E-state index in [9.17, 15) is 0 Å². The molecule has 0 amide bonds. The first-order chi connectivity index (χ1) is 13.2. The molecule has 2 unspecified atom stereocenters. The molecule has 0 bridgehead atoms. The lowest BCUT2D eigenvalue weighted by Gasteiger charge is -2.36. The number of nitrogens with zero attached hydrogens (tertiary/aromatic N) is 4. The normalized spacial score (nSPS) is 22.6. The molecular weight excluding hydrogens is 489 g/mol. The summed E-state index contributed by atoms with van der Waals surface area (Å²) in [5, 5.41) is 8.50. The molecule has 1 aromatic heterocycles. The summed E-state index contributed by atoms with van der Waals surface area (Å²) in [7, 11) is 0. The Morgan fingerprint density at radius 1 is 1.29 bits per heavy atom. The monoisotopic (exact) mass is 515 g/mol. The zero-order chi connectivity index (χ0) is 18.6. The fourth-order valence-corrected chi connectivity index (χ4v) is 3.88. The van der Waals surface area contributed by atoms with E-state index in [0.29, 0.717) is 12.0 Å². The molecule has 1 saturated heterocycles. The Balaban J connectivity index is 0.00000225. The van der Waals surface area contributed by atoms with Crippen molar-refractivity contribution in [2.24, 2.45) is 4.99 Å². The molecular formula is C20H27ClIN5O. The molecule has 1 saturated carbocycles. The van der Waals surface area contributed by atoms with Crippen LogP contribution in [0.15, 0.2) is 46.1 Å². The summed E-state index contributed by atoms with van der Waals surface area (Å²) in [6.07, 6.45) is 2.77. The molecule has 6 nitrogen and oxygen atoms in total. The largest absolute Gasteiger partial charge is 0.364 e. The average Bonchev–Trinajstić information content (AvgIpc) is 3.26. The van der Waals surface area contributed by atoms with Crippen molar-refractivity contribution in [1.82, 2.24) is 20.3 Å². The van der Waals surface area contributed by atoms with Gasteiger partial charge in [-0.3, -0.25) is 9.89 Å². The number of hydrogen-bond acceptors (Lipinski definition) is 4. The molecule has 152 valence electrons. The third kappa shape index (κ3) is 5.39. The van der Waals surface area contributed by atoms with E-state index in [2.05, 4.69) is 39.3 Å². The highest BCUT2D eigenvalue weighted by atomic mass is 127. The van der Waals surface area contributed by atoms with Crippen LogP contribution >= 0.6 is 35.6 Å². The third-order valence-corrected chi connectivity index (χ3v) is 5.47. The first-order valence-corrected chi connectivity index (χ1v) is 10.0. The van der Waals surface area contributed by atoms with Crippen molar-refractivity contribution >= 4 is 41.5 Å². The van der Waals surface area contributed by atoms with Crippen molar-refractivity contribution in [3.63, 3.8) is 0 Å². The van der Waals surface area contributed by atoms with Crippen LogP contribution in [0.5, 0.6) is 0 Å². The lowest BCUT2D eigenvalue weighted by Crippen LogP contribution is -2.52. The van der Waals surface area contributed by atoms with Crippen LogP contribution in [0.1, 0.15) is 30.5 Å². The van der Waals surface area contributed by atoms with Crippen LogP contribution in [0.25, 0.3) is 0 Å². The van der Waals surface area contributed by atoms with Crippen molar-refractivity contribution < 1.29 is 4.52 Å². The van der Waals surface area contributed by atoms with Gasteiger partial charge < -0.3 is 14.7 Å². The summed E-state index contributed by atoms with van der Waals surface area (Å²) in [5.74, 6) is 1.56. The second-order valence-electron chi connectivity index (χ2n) is 7.20. The summed E-state index contributed by atoms with van der Waals surface area (Å²) in [6, 6.07) is 10.6. The van der Waals surface area contributed by atoms with E-state index >= 15 is 0 Å². The maximum Gasteiger partial charge on any atom is 0.194 e. The van der Waals surface area contributed by atoms with E-state index < -0.39 is 0 Å². The van der Waals surface area contributed by atoms with Crippen molar-refractivity contribution in [1.29, 1.82) is 0 Å². The topological polar surface area (TPSA) is 56.9 Å². The van der Waals surface area contributed by atoms with E-state index in [-0.39, 0.29) is 24.0 Å². The summed E-state index contributed by atoms with van der Waals surface area (Å²) in [6.45, 7) is 7.66.